The summed E-state index contributed by atoms with van der Waals surface area (Å²) in [7, 11) is 0. The Morgan fingerprint density at radius 3 is 2.85 bits per heavy atom. The minimum atomic E-state index is 0. The molecule has 0 amide bonds. The maximum absolute atomic E-state index is 4.84. The first-order chi connectivity index (χ1) is 12.2. The van der Waals surface area contributed by atoms with Gasteiger partial charge in [0.25, 0.3) is 0 Å². The molecule has 0 radical (unpaired) electrons. The first kappa shape index (κ1) is 21.2. The molecular formula is C20H29IN4S. The van der Waals surface area contributed by atoms with Gasteiger partial charge >= 0.3 is 0 Å². The van der Waals surface area contributed by atoms with Gasteiger partial charge in [-0.25, -0.2) is 4.98 Å². The molecule has 3 rings (SSSR count). The van der Waals surface area contributed by atoms with Crippen LogP contribution < -0.4 is 5.32 Å². The maximum Gasteiger partial charge on any atom is 0.193 e. The number of nitrogens with zero attached hydrogens (tertiary/aromatic N) is 3. The van der Waals surface area contributed by atoms with Crippen molar-refractivity contribution in [3.8, 4) is 0 Å². The van der Waals surface area contributed by atoms with Crippen molar-refractivity contribution in [2.45, 2.75) is 33.1 Å². The number of aryl methyl sites for hydroxylation is 1. The fraction of sp³-hybridized carbons (Fsp3) is 0.500. The second-order valence-electron chi connectivity index (χ2n) is 6.64. The van der Waals surface area contributed by atoms with Crippen LogP contribution in [0.5, 0.6) is 0 Å². The van der Waals surface area contributed by atoms with Crippen LogP contribution in [0, 0.1) is 12.8 Å². The molecule has 1 atom stereocenters. The highest BCUT2D eigenvalue weighted by Gasteiger charge is 2.24. The van der Waals surface area contributed by atoms with Crippen molar-refractivity contribution in [1.29, 1.82) is 0 Å². The van der Waals surface area contributed by atoms with E-state index in [1.165, 1.54) is 21.9 Å². The third-order valence-electron chi connectivity index (χ3n) is 4.54. The number of hydrogen-bond acceptors (Lipinski definition) is 3. The van der Waals surface area contributed by atoms with Crippen LogP contribution in [0.25, 0.3) is 0 Å². The standard InChI is InChI=1S/C20H28N4S.HI/c1-3-21-20(22-11-9-19-23-14-16(2)25-19)24-12-10-18(15-24)13-17-7-5-4-6-8-17;/h4-8,14,18H,3,9-13,15H2,1-2H3,(H,21,22);1H. The van der Waals surface area contributed by atoms with Gasteiger partial charge in [-0.05, 0) is 38.2 Å². The van der Waals surface area contributed by atoms with E-state index in [2.05, 4.69) is 59.4 Å². The molecule has 0 bridgehead atoms. The first-order valence-electron chi connectivity index (χ1n) is 9.23. The van der Waals surface area contributed by atoms with Gasteiger partial charge in [0.1, 0.15) is 0 Å². The van der Waals surface area contributed by atoms with E-state index in [1.807, 2.05) is 6.20 Å². The minimum Gasteiger partial charge on any atom is -0.357 e. The van der Waals surface area contributed by atoms with Crippen LogP contribution in [-0.2, 0) is 12.8 Å². The van der Waals surface area contributed by atoms with Gasteiger partial charge in [-0.2, -0.15) is 0 Å². The summed E-state index contributed by atoms with van der Waals surface area (Å²) >= 11 is 1.77. The second kappa shape index (κ2) is 10.9. The summed E-state index contributed by atoms with van der Waals surface area (Å²) in [6, 6.07) is 10.8. The third kappa shape index (κ3) is 6.23. The molecule has 142 valence electrons. The van der Waals surface area contributed by atoms with E-state index in [4.69, 9.17) is 4.99 Å². The monoisotopic (exact) mass is 484 g/mol. The van der Waals surface area contributed by atoms with E-state index in [9.17, 15) is 0 Å². The molecule has 26 heavy (non-hydrogen) atoms. The molecule has 1 N–H and O–H groups in total. The van der Waals surface area contributed by atoms with Gasteiger partial charge in [0.15, 0.2) is 5.96 Å². The van der Waals surface area contributed by atoms with Crippen LogP contribution in [0.3, 0.4) is 0 Å². The fourth-order valence-corrected chi connectivity index (χ4v) is 4.12. The summed E-state index contributed by atoms with van der Waals surface area (Å²) in [5.41, 5.74) is 1.44. The molecule has 4 nitrogen and oxygen atoms in total. The van der Waals surface area contributed by atoms with Crippen molar-refractivity contribution in [3.05, 3.63) is 52.0 Å². The van der Waals surface area contributed by atoms with Gasteiger partial charge in [-0.15, -0.1) is 35.3 Å². The van der Waals surface area contributed by atoms with Crippen molar-refractivity contribution in [2.24, 2.45) is 10.9 Å². The molecule has 2 aromatic rings. The molecule has 1 fully saturated rings. The zero-order chi connectivity index (χ0) is 17.5. The smallest absolute Gasteiger partial charge is 0.193 e. The van der Waals surface area contributed by atoms with E-state index in [0.29, 0.717) is 5.92 Å². The van der Waals surface area contributed by atoms with Crippen LogP contribution in [0.2, 0.25) is 0 Å². The molecule has 6 heteroatoms. The van der Waals surface area contributed by atoms with E-state index >= 15 is 0 Å². The number of rotatable bonds is 6. The zero-order valence-corrected chi connectivity index (χ0v) is 18.8. The largest absolute Gasteiger partial charge is 0.357 e. The topological polar surface area (TPSA) is 40.5 Å². The Morgan fingerprint density at radius 2 is 2.15 bits per heavy atom. The van der Waals surface area contributed by atoms with Gasteiger partial charge in [0, 0.05) is 43.7 Å². The number of aromatic nitrogens is 1. The van der Waals surface area contributed by atoms with Gasteiger partial charge in [-0.1, -0.05) is 30.3 Å². The predicted molar refractivity (Wildman–Crippen MR) is 122 cm³/mol. The maximum atomic E-state index is 4.84. The summed E-state index contributed by atoms with van der Waals surface area (Å²) in [5.74, 6) is 1.78. The van der Waals surface area contributed by atoms with E-state index in [0.717, 1.165) is 45.0 Å². The van der Waals surface area contributed by atoms with Crippen molar-refractivity contribution in [1.82, 2.24) is 15.2 Å². The van der Waals surface area contributed by atoms with Gasteiger partial charge in [0.05, 0.1) is 5.01 Å². The molecular weight excluding hydrogens is 455 g/mol. The summed E-state index contributed by atoms with van der Waals surface area (Å²) in [6.07, 6.45) is 5.28. The van der Waals surface area contributed by atoms with Crippen LogP contribution in [0.1, 0.15) is 28.8 Å². The molecule has 2 heterocycles. The van der Waals surface area contributed by atoms with E-state index < -0.39 is 0 Å². The number of benzene rings is 1. The highest BCUT2D eigenvalue weighted by Crippen LogP contribution is 2.21. The lowest BCUT2D eigenvalue weighted by molar-refractivity contribution is 0.460. The lowest BCUT2D eigenvalue weighted by atomic mass is 9.99. The number of hydrogen-bond donors (Lipinski definition) is 1. The van der Waals surface area contributed by atoms with E-state index in [1.54, 1.807) is 11.3 Å². The Bertz CT molecular complexity index is 686. The SMILES string of the molecule is CCNC(=NCCc1ncc(C)s1)N1CCC(Cc2ccccc2)C1.I. The quantitative estimate of drug-likeness (QED) is 0.381. The third-order valence-corrected chi connectivity index (χ3v) is 5.52. The van der Waals surface area contributed by atoms with Gasteiger partial charge in [-0.3, -0.25) is 4.99 Å². The number of halogens is 1. The van der Waals surface area contributed by atoms with Crippen LogP contribution >= 0.6 is 35.3 Å². The minimum absolute atomic E-state index is 0. The Kier molecular flexibility index (Phi) is 8.84. The van der Waals surface area contributed by atoms with Crippen LogP contribution in [-0.4, -0.2) is 42.0 Å². The molecule has 1 aromatic heterocycles. The second-order valence-corrected chi connectivity index (χ2v) is 7.96. The fourth-order valence-electron chi connectivity index (χ4n) is 3.34. The first-order valence-corrected chi connectivity index (χ1v) is 10.0. The van der Waals surface area contributed by atoms with Crippen molar-refractivity contribution in [2.75, 3.05) is 26.2 Å². The Labute approximate surface area is 178 Å². The Balaban J connectivity index is 0.00000243. The lowest BCUT2D eigenvalue weighted by Crippen LogP contribution is -2.40. The molecule has 1 saturated heterocycles. The Hall–Kier alpha value is -1.15. The molecule has 0 spiro atoms. The summed E-state index contributed by atoms with van der Waals surface area (Å²) in [6.45, 7) is 8.14. The van der Waals surface area contributed by atoms with Crippen LogP contribution in [0.15, 0.2) is 41.5 Å². The van der Waals surface area contributed by atoms with Gasteiger partial charge in [0.2, 0.25) is 0 Å². The highest BCUT2D eigenvalue weighted by molar-refractivity contribution is 14.0. The van der Waals surface area contributed by atoms with Crippen molar-refractivity contribution in [3.63, 3.8) is 0 Å². The lowest BCUT2D eigenvalue weighted by Gasteiger charge is -2.21. The average molecular weight is 484 g/mol. The van der Waals surface area contributed by atoms with E-state index in [-0.39, 0.29) is 24.0 Å². The molecule has 1 aromatic carbocycles. The zero-order valence-electron chi connectivity index (χ0n) is 15.6. The predicted octanol–water partition coefficient (Wildman–Crippen LogP) is 4.14. The summed E-state index contributed by atoms with van der Waals surface area (Å²) in [4.78, 5) is 13.0. The van der Waals surface area contributed by atoms with Crippen LogP contribution in [0.4, 0.5) is 0 Å². The molecule has 1 aliphatic heterocycles. The highest BCUT2D eigenvalue weighted by atomic mass is 127. The van der Waals surface area contributed by atoms with Crippen molar-refractivity contribution >= 4 is 41.3 Å². The Morgan fingerprint density at radius 1 is 1.35 bits per heavy atom. The molecule has 0 saturated carbocycles. The number of thiazole rings is 1. The molecule has 1 aliphatic rings. The van der Waals surface area contributed by atoms with Crippen molar-refractivity contribution < 1.29 is 0 Å². The number of likely N-dealkylation sites (tertiary alicyclic amines) is 1. The number of nitrogens with one attached hydrogen (secondary N) is 1. The van der Waals surface area contributed by atoms with Gasteiger partial charge < -0.3 is 10.2 Å². The molecule has 1 unspecified atom stereocenters. The summed E-state index contributed by atoms with van der Waals surface area (Å²) < 4.78 is 0. The average Bonchev–Trinajstić information content (AvgIpc) is 3.24. The summed E-state index contributed by atoms with van der Waals surface area (Å²) in [5, 5.41) is 4.64. The number of aliphatic imine (C=N–C) groups is 1. The number of guanidine groups is 1. The molecule has 0 aliphatic carbocycles. The normalized spacial score (nSPS) is 17.2.